The summed E-state index contributed by atoms with van der Waals surface area (Å²) in [5.41, 5.74) is 1.49. The zero-order valence-electron chi connectivity index (χ0n) is 26.2. The molecule has 3 saturated heterocycles. The van der Waals surface area contributed by atoms with Gasteiger partial charge in [-0.1, -0.05) is 67.6 Å². The number of amides is 3. The summed E-state index contributed by atoms with van der Waals surface area (Å²) in [6.07, 6.45) is 6.05. The molecule has 0 aliphatic carbocycles. The van der Waals surface area contributed by atoms with Crippen LogP contribution in [0.4, 0.5) is 4.79 Å². The summed E-state index contributed by atoms with van der Waals surface area (Å²) in [6.45, 7) is 8.08. The van der Waals surface area contributed by atoms with Gasteiger partial charge in [0, 0.05) is 38.8 Å². The van der Waals surface area contributed by atoms with E-state index < -0.39 is 17.7 Å². The molecule has 1 spiro atoms. The van der Waals surface area contributed by atoms with Crippen LogP contribution in [0, 0.1) is 0 Å². The molecule has 2 aromatic rings. The molecule has 9 nitrogen and oxygen atoms in total. The summed E-state index contributed by atoms with van der Waals surface area (Å²) >= 11 is 0. The van der Waals surface area contributed by atoms with Crippen LogP contribution in [0.3, 0.4) is 0 Å². The summed E-state index contributed by atoms with van der Waals surface area (Å²) in [5.74, 6) is 0.0639. The van der Waals surface area contributed by atoms with Gasteiger partial charge < -0.3 is 25.2 Å². The number of unbranched alkanes of at least 4 members (excludes halogenated alkanes) is 1. The Morgan fingerprint density at radius 2 is 1.68 bits per heavy atom. The molecule has 5 rings (SSSR count). The van der Waals surface area contributed by atoms with Gasteiger partial charge in [-0.2, -0.15) is 0 Å². The standard InChI is InChI=1S/C35H49N5O4/c1-2-39-22-11-16-30(39)26-40-32(41)31(17-9-10-21-36-34(43)44-27-29-14-7-4-8-15-29)37-33(42)35(40)19-24-38(25-20-35)23-18-28-12-5-3-6-13-28/h3-8,12-15,30-31H,2,9-11,16-27H2,1H3,(H,36,43)(H,37,42)/t30?,31-/m0/s1. The van der Waals surface area contributed by atoms with E-state index in [2.05, 4.69) is 51.6 Å². The summed E-state index contributed by atoms with van der Waals surface area (Å²) in [5, 5.41) is 5.94. The summed E-state index contributed by atoms with van der Waals surface area (Å²) < 4.78 is 5.28. The Balaban J connectivity index is 1.14. The van der Waals surface area contributed by atoms with Crippen molar-refractivity contribution in [2.75, 3.05) is 45.8 Å². The van der Waals surface area contributed by atoms with E-state index in [4.69, 9.17) is 4.74 Å². The Kier molecular flexibility index (Phi) is 11.3. The normalized spacial score (nSPS) is 22.2. The fraction of sp³-hybridized carbons (Fsp3) is 0.571. The Labute approximate surface area is 262 Å². The number of nitrogens with one attached hydrogen (secondary N) is 2. The SMILES string of the molecule is CCN1CCCC1CN1C(=O)[C@H](CCCCNC(=O)OCc2ccccc2)NC(=O)C12CCN(CCc1ccccc1)CC2. The highest BCUT2D eigenvalue weighted by Gasteiger charge is 2.54. The Morgan fingerprint density at radius 1 is 0.977 bits per heavy atom. The number of ether oxygens (including phenoxy) is 1. The highest BCUT2D eigenvalue weighted by Crippen LogP contribution is 2.35. The van der Waals surface area contributed by atoms with E-state index in [0.29, 0.717) is 51.2 Å². The van der Waals surface area contributed by atoms with Crippen LogP contribution in [0.2, 0.25) is 0 Å². The highest BCUT2D eigenvalue weighted by atomic mass is 16.5. The smallest absolute Gasteiger partial charge is 0.407 e. The molecule has 3 aliphatic heterocycles. The summed E-state index contributed by atoms with van der Waals surface area (Å²) in [6, 6.07) is 19.9. The number of carbonyl (C=O) groups excluding carboxylic acids is 3. The van der Waals surface area contributed by atoms with Crippen molar-refractivity contribution in [3.05, 3.63) is 71.8 Å². The number of benzene rings is 2. The Hall–Kier alpha value is -3.43. The molecule has 3 aliphatic rings. The van der Waals surface area contributed by atoms with E-state index in [1.54, 1.807) is 0 Å². The zero-order chi connectivity index (χ0) is 30.8. The van der Waals surface area contributed by atoms with Crippen molar-refractivity contribution >= 4 is 17.9 Å². The van der Waals surface area contributed by atoms with Gasteiger partial charge in [0.2, 0.25) is 11.8 Å². The number of likely N-dealkylation sites (tertiary alicyclic amines) is 2. The van der Waals surface area contributed by atoms with Gasteiger partial charge in [-0.25, -0.2) is 4.79 Å². The number of rotatable bonds is 13. The number of hydrogen-bond donors (Lipinski definition) is 2. The molecule has 3 heterocycles. The first-order valence-corrected chi connectivity index (χ1v) is 16.6. The Bertz CT molecular complexity index is 1220. The van der Waals surface area contributed by atoms with Gasteiger partial charge in [-0.05, 0) is 75.6 Å². The zero-order valence-corrected chi connectivity index (χ0v) is 26.2. The van der Waals surface area contributed by atoms with Gasteiger partial charge in [-0.15, -0.1) is 0 Å². The van der Waals surface area contributed by atoms with Crippen molar-refractivity contribution < 1.29 is 19.1 Å². The van der Waals surface area contributed by atoms with Crippen LogP contribution in [0.5, 0.6) is 0 Å². The minimum absolute atomic E-state index is 0.00784. The van der Waals surface area contributed by atoms with Crippen molar-refractivity contribution in [1.82, 2.24) is 25.3 Å². The van der Waals surface area contributed by atoms with Gasteiger partial charge >= 0.3 is 6.09 Å². The maximum Gasteiger partial charge on any atom is 0.407 e. The third kappa shape index (κ3) is 7.99. The minimum atomic E-state index is -0.775. The molecule has 3 amide bonds. The number of alkyl carbamates (subject to hydrolysis) is 1. The molecule has 2 aromatic carbocycles. The van der Waals surface area contributed by atoms with Crippen molar-refractivity contribution in [2.45, 2.75) is 82.5 Å². The van der Waals surface area contributed by atoms with Crippen LogP contribution in [-0.4, -0.2) is 96.0 Å². The highest BCUT2D eigenvalue weighted by molar-refractivity contribution is 6.00. The Morgan fingerprint density at radius 3 is 2.39 bits per heavy atom. The van der Waals surface area contributed by atoms with Crippen molar-refractivity contribution in [3.63, 3.8) is 0 Å². The van der Waals surface area contributed by atoms with Crippen molar-refractivity contribution in [1.29, 1.82) is 0 Å². The quantitative estimate of drug-likeness (QED) is 0.337. The van der Waals surface area contributed by atoms with E-state index in [9.17, 15) is 14.4 Å². The second-order valence-electron chi connectivity index (χ2n) is 12.5. The van der Waals surface area contributed by atoms with Crippen LogP contribution in [-0.2, 0) is 27.4 Å². The number of likely N-dealkylation sites (N-methyl/N-ethyl adjacent to an activating group) is 1. The molecule has 3 fully saturated rings. The molecule has 0 saturated carbocycles. The maximum atomic E-state index is 14.1. The molecule has 2 N–H and O–H groups in total. The monoisotopic (exact) mass is 603 g/mol. The van der Waals surface area contributed by atoms with Crippen LogP contribution >= 0.6 is 0 Å². The average molecular weight is 604 g/mol. The molecular formula is C35H49N5O4. The van der Waals surface area contributed by atoms with E-state index >= 15 is 0 Å². The molecule has 1 unspecified atom stereocenters. The molecule has 0 radical (unpaired) electrons. The van der Waals surface area contributed by atoms with E-state index in [1.165, 1.54) is 5.56 Å². The lowest BCUT2D eigenvalue weighted by Gasteiger charge is -2.52. The first-order chi connectivity index (χ1) is 21.5. The predicted octanol–water partition coefficient (Wildman–Crippen LogP) is 3.97. The number of piperazine rings is 1. The number of carbonyl (C=O) groups is 3. The molecule has 9 heteroatoms. The third-order valence-corrected chi connectivity index (χ3v) is 9.75. The first-order valence-electron chi connectivity index (χ1n) is 16.6. The molecule has 0 bridgehead atoms. The number of nitrogens with zero attached hydrogens (tertiary/aromatic N) is 3. The van der Waals surface area contributed by atoms with Gasteiger partial charge in [0.25, 0.3) is 0 Å². The van der Waals surface area contributed by atoms with Crippen molar-refractivity contribution in [3.8, 4) is 0 Å². The lowest BCUT2D eigenvalue weighted by molar-refractivity contribution is -0.162. The fourth-order valence-electron chi connectivity index (χ4n) is 7.08. The second kappa shape index (κ2) is 15.5. The molecule has 2 atom stereocenters. The predicted molar refractivity (Wildman–Crippen MR) is 171 cm³/mol. The molecule has 0 aromatic heterocycles. The van der Waals surface area contributed by atoms with Gasteiger partial charge in [-0.3, -0.25) is 14.5 Å². The second-order valence-corrected chi connectivity index (χ2v) is 12.5. The topological polar surface area (TPSA) is 94.2 Å². The van der Waals surface area contributed by atoms with Crippen LogP contribution in [0.25, 0.3) is 0 Å². The molecular weight excluding hydrogens is 554 g/mol. The fourth-order valence-corrected chi connectivity index (χ4v) is 7.08. The van der Waals surface area contributed by atoms with Crippen molar-refractivity contribution in [2.24, 2.45) is 0 Å². The van der Waals surface area contributed by atoms with Gasteiger partial charge in [0.15, 0.2) is 0 Å². The maximum absolute atomic E-state index is 14.1. The van der Waals surface area contributed by atoms with Crippen LogP contribution < -0.4 is 10.6 Å². The van der Waals surface area contributed by atoms with Gasteiger partial charge in [0.1, 0.15) is 18.2 Å². The number of hydrogen-bond acceptors (Lipinski definition) is 6. The lowest BCUT2D eigenvalue weighted by Crippen LogP contribution is -2.73. The summed E-state index contributed by atoms with van der Waals surface area (Å²) in [4.78, 5) is 47.0. The molecule has 238 valence electrons. The summed E-state index contributed by atoms with van der Waals surface area (Å²) in [7, 11) is 0. The van der Waals surface area contributed by atoms with E-state index in [0.717, 1.165) is 57.5 Å². The first kappa shape index (κ1) is 32.0. The third-order valence-electron chi connectivity index (χ3n) is 9.75. The van der Waals surface area contributed by atoms with E-state index in [-0.39, 0.29) is 18.4 Å². The largest absolute Gasteiger partial charge is 0.445 e. The number of piperidine rings is 1. The van der Waals surface area contributed by atoms with E-state index in [1.807, 2.05) is 41.3 Å². The van der Waals surface area contributed by atoms with Crippen LogP contribution in [0.1, 0.15) is 63.0 Å². The average Bonchev–Trinajstić information content (AvgIpc) is 3.52. The van der Waals surface area contributed by atoms with Crippen LogP contribution in [0.15, 0.2) is 60.7 Å². The molecule has 44 heavy (non-hydrogen) atoms. The lowest BCUT2D eigenvalue weighted by atomic mass is 9.80. The van der Waals surface area contributed by atoms with Gasteiger partial charge in [0.05, 0.1) is 0 Å². The minimum Gasteiger partial charge on any atom is -0.445 e.